The number of ether oxygens (including phenoxy) is 1. The highest BCUT2D eigenvalue weighted by Crippen LogP contribution is 2.17. The van der Waals surface area contributed by atoms with E-state index in [4.69, 9.17) is 4.74 Å². The Morgan fingerprint density at radius 3 is 2.61 bits per heavy atom. The van der Waals surface area contributed by atoms with E-state index in [-0.39, 0.29) is 5.91 Å². The Hall–Kier alpha value is -2.33. The maximum absolute atomic E-state index is 12.8. The Morgan fingerprint density at radius 2 is 1.82 bits per heavy atom. The molecule has 0 bridgehead atoms. The predicted molar refractivity (Wildman–Crippen MR) is 114 cm³/mol. The molecular formula is C24H32N2O2. The van der Waals surface area contributed by atoms with Crippen LogP contribution in [0.1, 0.15) is 39.9 Å². The summed E-state index contributed by atoms with van der Waals surface area (Å²) in [5, 5.41) is 0. The molecule has 1 aliphatic rings. The van der Waals surface area contributed by atoms with Crippen LogP contribution >= 0.6 is 0 Å². The molecular weight excluding hydrogens is 348 g/mol. The van der Waals surface area contributed by atoms with Gasteiger partial charge >= 0.3 is 0 Å². The van der Waals surface area contributed by atoms with Crippen molar-refractivity contribution in [3.8, 4) is 5.75 Å². The molecule has 2 aromatic rings. The molecule has 0 radical (unpaired) electrons. The molecule has 1 aliphatic heterocycles. The van der Waals surface area contributed by atoms with Gasteiger partial charge in [-0.1, -0.05) is 23.8 Å². The molecule has 1 heterocycles. The van der Waals surface area contributed by atoms with Crippen molar-refractivity contribution in [2.45, 2.75) is 33.6 Å². The van der Waals surface area contributed by atoms with Gasteiger partial charge in [-0.2, -0.15) is 0 Å². The molecule has 4 heteroatoms. The van der Waals surface area contributed by atoms with E-state index in [0.717, 1.165) is 69.0 Å². The lowest BCUT2D eigenvalue weighted by Crippen LogP contribution is -2.35. The van der Waals surface area contributed by atoms with Crippen molar-refractivity contribution in [3.05, 3.63) is 64.7 Å². The highest BCUT2D eigenvalue weighted by Gasteiger charge is 2.20. The summed E-state index contributed by atoms with van der Waals surface area (Å²) in [6.45, 7) is 11.6. The van der Waals surface area contributed by atoms with Crippen LogP contribution in [0.4, 0.5) is 0 Å². The molecule has 0 N–H and O–H groups in total. The standard InChI is InChI=1S/C24H32N2O2/c1-19-7-4-8-22(17-19)24(27)26-13-5-11-25(14-15-26)12-6-16-28-23-10-9-20(2)21(3)18-23/h4,7-10,17-18H,5-6,11-16H2,1-3H3. The second-order valence-electron chi connectivity index (χ2n) is 7.80. The Balaban J connectivity index is 1.42. The van der Waals surface area contributed by atoms with Gasteiger partial charge < -0.3 is 14.5 Å². The topological polar surface area (TPSA) is 32.8 Å². The van der Waals surface area contributed by atoms with Crippen molar-refractivity contribution >= 4 is 5.91 Å². The number of carbonyl (C=O) groups is 1. The molecule has 2 aromatic carbocycles. The third-order valence-electron chi connectivity index (χ3n) is 5.51. The third kappa shape index (κ3) is 5.59. The lowest BCUT2D eigenvalue weighted by molar-refractivity contribution is 0.0761. The van der Waals surface area contributed by atoms with Gasteiger partial charge in [0, 0.05) is 31.7 Å². The summed E-state index contributed by atoms with van der Waals surface area (Å²) >= 11 is 0. The summed E-state index contributed by atoms with van der Waals surface area (Å²) in [7, 11) is 0. The van der Waals surface area contributed by atoms with Crippen LogP contribution in [0.3, 0.4) is 0 Å². The first-order valence-electron chi connectivity index (χ1n) is 10.3. The summed E-state index contributed by atoms with van der Waals surface area (Å²) in [4.78, 5) is 17.2. The van der Waals surface area contributed by atoms with Crippen LogP contribution in [-0.4, -0.2) is 55.0 Å². The molecule has 3 rings (SSSR count). The highest BCUT2D eigenvalue weighted by molar-refractivity contribution is 5.94. The van der Waals surface area contributed by atoms with Gasteiger partial charge in [0.05, 0.1) is 6.61 Å². The van der Waals surface area contributed by atoms with Crippen LogP contribution in [0.15, 0.2) is 42.5 Å². The minimum Gasteiger partial charge on any atom is -0.494 e. The Bertz CT molecular complexity index is 803. The van der Waals surface area contributed by atoms with Gasteiger partial charge in [0.1, 0.15) is 5.75 Å². The minimum absolute atomic E-state index is 0.156. The number of nitrogens with zero attached hydrogens (tertiary/aromatic N) is 2. The zero-order valence-corrected chi connectivity index (χ0v) is 17.4. The van der Waals surface area contributed by atoms with Crippen molar-refractivity contribution in [2.24, 2.45) is 0 Å². The average Bonchev–Trinajstić information content (AvgIpc) is 2.93. The molecule has 0 unspecified atom stereocenters. The van der Waals surface area contributed by atoms with Gasteiger partial charge in [0.15, 0.2) is 0 Å². The first-order chi connectivity index (χ1) is 13.5. The van der Waals surface area contributed by atoms with E-state index in [1.807, 2.05) is 42.2 Å². The fraction of sp³-hybridized carbons (Fsp3) is 0.458. The normalized spacial score (nSPS) is 15.3. The summed E-state index contributed by atoms with van der Waals surface area (Å²) < 4.78 is 5.90. The van der Waals surface area contributed by atoms with Crippen LogP contribution < -0.4 is 4.74 Å². The van der Waals surface area contributed by atoms with Gasteiger partial charge in [-0.3, -0.25) is 4.79 Å². The maximum atomic E-state index is 12.8. The molecule has 28 heavy (non-hydrogen) atoms. The molecule has 1 saturated heterocycles. The van der Waals surface area contributed by atoms with E-state index in [0.29, 0.717) is 0 Å². The second kappa shape index (κ2) is 9.74. The fourth-order valence-electron chi connectivity index (χ4n) is 3.64. The first kappa shape index (κ1) is 20.4. The Morgan fingerprint density at radius 1 is 0.964 bits per heavy atom. The van der Waals surface area contributed by atoms with Gasteiger partial charge in [-0.25, -0.2) is 0 Å². The SMILES string of the molecule is Cc1cccc(C(=O)N2CCCN(CCCOc3ccc(C)c(C)c3)CC2)c1. The number of hydrogen-bond acceptors (Lipinski definition) is 3. The lowest BCUT2D eigenvalue weighted by atomic mass is 10.1. The molecule has 0 aliphatic carbocycles. The van der Waals surface area contributed by atoms with Crippen LogP contribution in [0.5, 0.6) is 5.75 Å². The van der Waals surface area contributed by atoms with E-state index in [1.165, 1.54) is 11.1 Å². The van der Waals surface area contributed by atoms with E-state index in [9.17, 15) is 4.79 Å². The Labute approximate surface area is 169 Å². The molecule has 0 atom stereocenters. The summed E-state index contributed by atoms with van der Waals surface area (Å²) in [5.74, 6) is 1.11. The third-order valence-corrected chi connectivity index (χ3v) is 5.51. The van der Waals surface area contributed by atoms with E-state index in [1.54, 1.807) is 0 Å². The molecule has 0 saturated carbocycles. The minimum atomic E-state index is 0.156. The van der Waals surface area contributed by atoms with E-state index >= 15 is 0 Å². The average molecular weight is 381 g/mol. The van der Waals surface area contributed by atoms with Crippen molar-refractivity contribution < 1.29 is 9.53 Å². The van der Waals surface area contributed by atoms with E-state index in [2.05, 4.69) is 30.9 Å². The number of aryl methyl sites for hydroxylation is 3. The molecule has 150 valence electrons. The van der Waals surface area contributed by atoms with Crippen molar-refractivity contribution in [1.82, 2.24) is 9.80 Å². The Kier molecular flexibility index (Phi) is 7.10. The van der Waals surface area contributed by atoms with Gasteiger partial charge in [-0.15, -0.1) is 0 Å². The van der Waals surface area contributed by atoms with Crippen LogP contribution in [0.25, 0.3) is 0 Å². The van der Waals surface area contributed by atoms with Crippen molar-refractivity contribution in [1.29, 1.82) is 0 Å². The van der Waals surface area contributed by atoms with Gasteiger partial charge in [0.2, 0.25) is 0 Å². The number of hydrogen-bond donors (Lipinski definition) is 0. The molecule has 0 aromatic heterocycles. The monoisotopic (exact) mass is 380 g/mol. The molecule has 1 fully saturated rings. The summed E-state index contributed by atoms with van der Waals surface area (Å²) in [6.07, 6.45) is 2.02. The van der Waals surface area contributed by atoms with Crippen LogP contribution in [-0.2, 0) is 0 Å². The zero-order valence-electron chi connectivity index (χ0n) is 17.4. The van der Waals surface area contributed by atoms with Crippen LogP contribution in [0.2, 0.25) is 0 Å². The quantitative estimate of drug-likeness (QED) is 0.703. The predicted octanol–water partition coefficient (Wildman–Crippen LogP) is 4.23. The second-order valence-corrected chi connectivity index (χ2v) is 7.80. The maximum Gasteiger partial charge on any atom is 0.253 e. The molecule has 1 amide bonds. The first-order valence-corrected chi connectivity index (χ1v) is 10.3. The smallest absolute Gasteiger partial charge is 0.253 e. The summed E-state index contributed by atoms with van der Waals surface area (Å²) in [6, 6.07) is 14.2. The van der Waals surface area contributed by atoms with Gasteiger partial charge in [-0.05, 0) is 75.5 Å². The number of benzene rings is 2. The van der Waals surface area contributed by atoms with Crippen molar-refractivity contribution in [2.75, 3.05) is 39.3 Å². The van der Waals surface area contributed by atoms with Gasteiger partial charge in [0.25, 0.3) is 5.91 Å². The number of amides is 1. The summed E-state index contributed by atoms with van der Waals surface area (Å²) in [5.41, 5.74) is 4.49. The number of carbonyl (C=O) groups excluding carboxylic acids is 1. The largest absolute Gasteiger partial charge is 0.494 e. The zero-order chi connectivity index (χ0) is 19.9. The molecule has 0 spiro atoms. The van der Waals surface area contributed by atoms with E-state index < -0.39 is 0 Å². The number of rotatable bonds is 6. The van der Waals surface area contributed by atoms with Crippen LogP contribution in [0, 0.1) is 20.8 Å². The highest BCUT2D eigenvalue weighted by atomic mass is 16.5. The lowest BCUT2D eigenvalue weighted by Gasteiger charge is -2.22. The fourth-order valence-corrected chi connectivity index (χ4v) is 3.64. The van der Waals surface area contributed by atoms with Crippen molar-refractivity contribution in [3.63, 3.8) is 0 Å². The molecule has 4 nitrogen and oxygen atoms in total.